The molecule has 0 fully saturated rings. The summed E-state index contributed by atoms with van der Waals surface area (Å²) in [5.74, 6) is 0. The molecule has 1 aromatic carbocycles. The predicted octanol–water partition coefficient (Wildman–Crippen LogP) is 2.31. The summed E-state index contributed by atoms with van der Waals surface area (Å²) in [6, 6.07) is 2.99. The zero-order chi connectivity index (χ0) is 15.4. The van der Waals surface area contributed by atoms with Gasteiger partial charge in [-0.2, -0.15) is 13.2 Å². The molecule has 110 valence electrons. The van der Waals surface area contributed by atoms with E-state index in [-0.39, 0.29) is 6.61 Å². The number of alkyl halides is 3. The van der Waals surface area contributed by atoms with Crippen molar-refractivity contribution < 1.29 is 31.1 Å². The predicted molar refractivity (Wildman–Crippen MR) is 63.3 cm³/mol. The fraction of sp³-hybridized carbons (Fsp3) is 0.182. The number of rotatable bonds is 4. The van der Waals surface area contributed by atoms with E-state index < -0.39 is 32.8 Å². The van der Waals surface area contributed by atoms with E-state index in [0.717, 1.165) is 18.2 Å². The molecule has 0 aromatic heterocycles. The first kappa shape index (κ1) is 16.0. The van der Waals surface area contributed by atoms with Crippen molar-refractivity contribution in [1.82, 2.24) is 4.72 Å². The SMILES string of the molecule is C=CCOC(=O)NS(=O)(=O)c1cccc(C(F)(F)F)c1. The number of carbonyl (C=O) groups excluding carboxylic acids is 1. The summed E-state index contributed by atoms with van der Waals surface area (Å²) >= 11 is 0. The molecule has 0 unspecified atom stereocenters. The van der Waals surface area contributed by atoms with Gasteiger partial charge in [-0.1, -0.05) is 18.7 Å². The van der Waals surface area contributed by atoms with E-state index in [1.165, 1.54) is 10.8 Å². The third kappa shape index (κ3) is 4.26. The number of amides is 1. The topological polar surface area (TPSA) is 72.5 Å². The lowest BCUT2D eigenvalue weighted by molar-refractivity contribution is -0.137. The molecule has 5 nitrogen and oxygen atoms in total. The number of sulfonamides is 1. The van der Waals surface area contributed by atoms with Crippen molar-refractivity contribution in [2.24, 2.45) is 0 Å². The zero-order valence-electron chi connectivity index (χ0n) is 9.98. The molecule has 0 radical (unpaired) electrons. The van der Waals surface area contributed by atoms with Crippen molar-refractivity contribution in [1.29, 1.82) is 0 Å². The van der Waals surface area contributed by atoms with Gasteiger partial charge in [0.15, 0.2) is 0 Å². The molecule has 0 saturated heterocycles. The van der Waals surface area contributed by atoms with Crippen LogP contribution in [0, 0.1) is 0 Å². The van der Waals surface area contributed by atoms with Gasteiger partial charge in [0.05, 0.1) is 10.5 Å². The van der Waals surface area contributed by atoms with Crippen LogP contribution in [0.25, 0.3) is 0 Å². The van der Waals surface area contributed by atoms with Crippen molar-refractivity contribution in [3.63, 3.8) is 0 Å². The highest BCUT2D eigenvalue weighted by atomic mass is 32.2. The monoisotopic (exact) mass is 309 g/mol. The average Bonchev–Trinajstić information content (AvgIpc) is 2.35. The van der Waals surface area contributed by atoms with Crippen LogP contribution in [0.2, 0.25) is 0 Å². The molecule has 1 aromatic rings. The van der Waals surface area contributed by atoms with Crippen molar-refractivity contribution >= 4 is 16.1 Å². The Bertz CT molecular complexity index is 610. The number of benzene rings is 1. The van der Waals surface area contributed by atoms with Crippen molar-refractivity contribution in [2.45, 2.75) is 11.1 Å². The van der Waals surface area contributed by atoms with Crippen LogP contribution in [0.3, 0.4) is 0 Å². The van der Waals surface area contributed by atoms with Crippen molar-refractivity contribution in [3.05, 3.63) is 42.5 Å². The highest BCUT2D eigenvalue weighted by Crippen LogP contribution is 2.30. The van der Waals surface area contributed by atoms with Crippen LogP contribution in [-0.2, 0) is 20.9 Å². The Morgan fingerprint density at radius 2 is 2.05 bits per heavy atom. The maximum absolute atomic E-state index is 12.5. The zero-order valence-corrected chi connectivity index (χ0v) is 10.8. The number of carbonyl (C=O) groups is 1. The molecular formula is C11H10F3NO4S. The lowest BCUT2D eigenvalue weighted by Crippen LogP contribution is -2.31. The van der Waals surface area contributed by atoms with Crippen LogP contribution >= 0.6 is 0 Å². The molecule has 1 N–H and O–H groups in total. The van der Waals surface area contributed by atoms with Crippen molar-refractivity contribution in [3.8, 4) is 0 Å². The minimum Gasteiger partial charge on any atom is -0.445 e. The maximum Gasteiger partial charge on any atom is 0.421 e. The molecule has 0 aliphatic rings. The van der Waals surface area contributed by atoms with E-state index in [0.29, 0.717) is 6.07 Å². The van der Waals surface area contributed by atoms with Gasteiger partial charge < -0.3 is 4.74 Å². The number of nitrogens with one attached hydrogen (secondary N) is 1. The van der Waals surface area contributed by atoms with Crippen LogP contribution in [0.5, 0.6) is 0 Å². The fourth-order valence-electron chi connectivity index (χ4n) is 1.17. The largest absolute Gasteiger partial charge is 0.445 e. The number of ether oxygens (including phenoxy) is 1. The molecular weight excluding hydrogens is 299 g/mol. The van der Waals surface area contributed by atoms with Gasteiger partial charge in [0.1, 0.15) is 6.61 Å². The van der Waals surface area contributed by atoms with Gasteiger partial charge in [-0.3, -0.25) is 0 Å². The number of halogens is 3. The molecule has 0 aliphatic carbocycles. The summed E-state index contributed by atoms with van der Waals surface area (Å²) < 4.78 is 66.6. The first-order chi connectivity index (χ1) is 9.16. The molecule has 9 heteroatoms. The molecule has 0 atom stereocenters. The summed E-state index contributed by atoms with van der Waals surface area (Å²) in [6.07, 6.45) is -4.78. The highest BCUT2D eigenvalue weighted by molar-refractivity contribution is 7.90. The summed E-state index contributed by atoms with van der Waals surface area (Å²) in [6.45, 7) is 3.01. The van der Waals surface area contributed by atoms with Gasteiger partial charge in [0, 0.05) is 0 Å². The molecule has 20 heavy (non-hydrogen) atoms. The second-order valence-corrected chi connectivity index (χ2v) is 5.20. The van der Waals surface area contributed by atoms with E-state index in [4.69, 9.17) is 0 Å². The van der Waals surface area contributed by atoms with E-state index in [1.54, 1.807) is 0 Å². The van der Waals surface area contributed by atoms with E-state index in [9.17, 15) is 26.4 Å². The van der Waals surface area contributed by atoms with Gasteiger partial charge in [-0.15, -0.1) is 0 Å². The Morgan fingerprint density at radius 3 is 2.60 bits per heavy atom. The lowest BCUT2D eigenvalue weighted by Gasteiger charge is -2.10. The molecule has 0 bridgehead atoms. The van der Waals surface area contributed by atoms with Gasteiger partial charge >= 0.3 is 12.3 Å². The molecule has 1 amide bonds. The third-order valence-electron chi connectivity index (χ3n) is 2.02. The number of hydrogen-bond donors (Lipinski definition) is 1. The Kier molecular flexibility index (Phi) is 4.77. The molecule has 0 aliphatic heterocycles. The van der Waals surface area contributed by atoms with Gasteiger partial charge in [-0.25, -0.2) is 17.9 Å². The van der Waals surface area contributed by atoms with Gasteiger partial charge in [-0.05, 0) is 18.2 Å². The van der Waals surface area contributed by atoms with E-state index in [2.05, 4.69) is 11.3 Å². The lowest BCUT2D eigenvalue weighted by atomic mass is 10.2. The van der Waals surface area contributed by atoms with Crippen LogP contribution in [-0.4, -0.2) is 21.1 Å². The van der Waals surface area contributed by atoms with Crippen LogP contribution < -0.4 is 4.72 Å². The number of hydrogen-bond acceptors (Lipinski definition) is 4. The fourth-order valence-corrected chi connectivity index (χ4v) is 2.11. The quantitative estimate of drug-likeness (QED) is 0.866. The van der Waals surface area contributed by atoms with Gasteiger partial charge in [0.25, 0.3) is 10.0 Å². The Morgan fingerprint density at radius 1 is 1.40 bits per heavy atom. The van der Waals surface area contributed by atoms with Crippen molar-refractivity contribution in [2.75, 3.05) is 6.61 Å². The standard InChI is InChI=1S/C11H10F3NO4S/c1-2-6-19-10(16)15-20(17,18)9-5-3-4-8(7-9)11(12,13)14/h2-5,7H,1,6H2,(H,15,16). The molecule has 0 saturated carbocycles. The van der Waals surface area contributed by atoms with Crippen LogP contribution in [0.1, 0.15) is 5.56 Å². The van der Waals surface area contributed by atoms with Gasteiger partial charge in [0.2, 0.25) is 0 Å². The highest BCUT2D eigenvalue weighted by Gasteiger charge is 2.32. The Labute approximate surface area is 113 Å². The minimum absolute atomic E-state index is 0.232. The Balaban J connectivity index is 2.99. The summed E-state index contributed by atoms with van der Waals surface area (Å²) in [5, 5.41) is 0. The van der Waals surface area contributed by atoms with E-state index in [1.807, 2.05) is 0 Å². The summed E-state index contributed by atoms with van der Waals surface area (Å²) in [5.41, 5.74) is -1.14. The third-order valence-corrected chi connectivity index (χ3v) is 3.33. The maximum atomic E-state index is 12.5. The Hall–Kier alpha value is -2.03. The summed E-state index contributed by atoms with van der Waals surface area (Å²) in [4.78, 5) is 10.4. The average molecular weight is 309 g/mol. The smallest absolute Gasteiger partial charge is 0.421 e. The first-order valence-corrected chi connectivity index (χ1v) is 6.63. The molecule has 0 spiro atoms. The first-order valence-electron chi connectivity index (χ1n) is 5.14. The van der Waals surface area contributed by atoms with E-state index >= 15 is 0 Å². The minimum atomic E-state index is -4.69. The second kappa shape index (κ2) is 5.95. The molecule has 0 heterocycles. The van der Waals surface area contributed by atoms with Crippen LogP contribution in [0.4, 0.5) is 18.0 Å². The molecule has 1 rings (SSSR count). The van der Waals surface area contributed by atoms with Crippen LogP contribution in [0.15, 0.2) is 41.8 Å². The normalized spacial score (nSPS) is 11.8. The summed E-state index contributed by atoms with van der Waals surface area (Å²) in [7, 11) is -4.43. The second-order valence-electron chi connectivity index (χ2n) is 3.52.